The van der Waals surface area contributed by atoms with Crippen LogP contribution in [-0.2, 0) is 5.41 Å². The molecule has 0 spiro atoms. The van der Waals surface area contributed by atoms with E-state index in [-0.39, 0.29) is 11.1 Å². The Bertz CT molecular complexity index is 551. The van der Waals surface area contributed by atoms with Gasteiger partial charge in [0.25, 0.3) is 5.91 Å². The highest BCUT2D eigenvalue weighted by atomic mass is 16.1. The first-order valence-electron chi connectivity index (χ1n) is 5.03. The van der Waals surface area contributed by atoms with Gasteiger partial charge in [-0.1, -0.05) is 20.8 Å². The molecule has 0 atom stereocenters. The van der Waals surface area contributed by atoms with Crippen molar-refractivity contribution in [2.24, 2.45) is 5.73 Å². The molecule has 0 aliphatic heterocycles. The third-order valence-electron chi connectivity index (χ3n) is 2.43. The Morgan fingerprint density at radius 3 is 2.69 bits per heavy atom. The molecule has 2 heterocycles. The summed E-state index contributed by atoms with van der Waals surface area (Å²) in [7, 11) is 0. The van der Waals surface area contributed by atoms with Gasteiger partial charge in [0.05, 0.1) is 0 Å². The molecule has 0 fully saturated rings. The fourth-order valence-electron chi connectivity index (χ4n) is 1.38. The number of rotatable bonds is 1. The predicted molar refractivity (Wildman–Crippen MR) is 60.2 cm³/mol. The fourth-order valence-corrected chi connectivity index (χ4v) is 1.38. The van der Waals surface area contributed by atoms with E-state index in [1.807, 2.05) is 6.20 Å². The van der Waals surface area contributed by atoms with E-state index in [1.165, 1.54) is 0 Å². The topological polar surface area (TPSA) is 73.3 Å². The molecule has 0 aliphatic carbocycles. The van der Waals surface area contributed by atoms with Gasteiger partial charge >= 0.3 is 0 Å². The third-order valence-corrected chi connectivity index (χ3v) is 2.43. The standard InChI is InChI=1S/C11H14N4O/c1-11(2,3)7-5-13-9-4-8(10(12)16)14-15(9)6-7/h4-6H,1-3H3,(H2,12,16). The first kappa shape index (κ1) is 10.6. The summed E-state index contributed by atoms with van der Waals surface area (Å²) in [6.45, 7) is 6.27. The zero-order valence-corrected chi connectivity index (χ0v) is 9.56. The predicted octanol–water partition coefficient (Wildman–Crippen LogP) is 1.13. The minimum Gasteiger partial charge on any atom is -0.364 e. The molecule has 0 unspecified atom stereocenters. The smallest absolute Gasteiger partial charge is 0.269 e. The Kier molecular flexibility index (Phi) is 2.18. The Labute approximate surface area is 93.3 Å². The zero-order valence-electron chi connectivity index (χ0n) is 9.56. The number of amides is 1. The van der Waals surface area contributed by atoms with Gasteiger partial charge in [-0.15, -0.1) is 0 Å². The number of carbonyl (C=O) groups excluding carboxylic acids is 1. The molecule has 2 N–H and O–H groups in total. The van der Waals surface area contributed by atoms with E-state index >= 15 is 0 Å². The van der Waals surface area contributed by atoms with Crippen LogP contribution in [0.1, 0.15) is 36.8 Å². The summed E-state index contributed by atoms with van der Waals surface area (Å²) in [6.07, 6.45) is 3.66. The van der Waals surface area contributed by atoms with E-state index in [1.54, 1.807) is 16.8 Å². The van der Waals surface area contributed by atoms with Crippen LogP contribution >= 0.6 is 0 Å². The summed E-state index contributed by atoms with van der Waals surface area (Å²) in [5.41, 5.74) is 7.08. The van der Waals surface area contributed by atoms with Gasteiger partial charge in [-0.05, 0) is 11.0 Å². The largest absolute Gasteiger partial charge is 0.364 e. The van der Waals surface area contributed by atoms with Crippen LogP contribution in [0.25, 0.3) is 5.65 Å². The summed E-state index contributed by atoms with van der Waals surface area (Å²) < 4.78 is 1.58. The molecule has 2 rings (SSSR count). The van der Waals surface area contributed by atoms with Crippen molar-refractivity contribution >= 4 is 11.6 Å². The molecule has 0 aliphatic rings. The van der Waals surface area contributed by atoms with Crippen molar-refractivity contribution in [1.29, 1.82) is 0 Å². The van der Waals surface area contributed by atoms with Crippen molar-refractivity contribution < 1.29 is 4.79 Å². The Balaban J connectivity index is 2.58. The number of nitrogens with two attached hydrogens (primary N) is 1. The summed E-state index contributed by atoms with van der Waals surface area (Å²) >= 11 is 0. The van der Waals surface area contributed by atoms with Crippen molar-refractivity contribution in [2.75, 3.05) is 0 Å². The molecule has 1 amide bonds. The van der Waals surface area contributed by atoms with Gasteiger partial charge in [-0.25, -0.2) is 9.50 Å². The number of carbonyl (C=O) groups is 1. The summed E-state index contributed by atoms with van der Waals surface area (Å²) in [5, 5.41) is 4.07. The monoisotopic (exact) mass is 218 g/mol. The molecule has 5 heteroatoms. The van der Waals surface area contributed by atoms with E-state index in [0.29, 0.717) is 5.65 Å². The van der Waals surface area contributed by atoms with Crippen molar-refractivity contribution in [2.45, 2.75) is 26.2 Å². The van der Waals surface area contributed by atoms with Crippen molar-refractivity contribution in [3.05, 3.63) is 29.7 Å². The lowest BCUT2D eigenvalue weighted by Gasteiger charge is -2.17. The highest BCUT2D eigenvalue weighted by Gasteiger charge is 2.16. The first-order valence-corrected chi connectivity index (χ1v) is 5.03. The average Bonchev–Trinajstić information content (AvgIpc) is 2.58. The second-order valence-electron chi connectivity index (χ2n) is 4.79. The van der Waals surface area contributed by atoms with E-state index in [0.717, 1.165) is 5.56 Å². The molecule has 0 saturated carbocycles. The van der Waals surface area contributed by atoms with Crippen LogP contribution in [0.5, 0.6) is 0 Å². The van der Waals surface area contributed by atoms with Gasteiger partial charge in [0.2, 0.25) is 0 Å². The number of aromatic nitrogens is 3. The first-order chi connectivity index (χ1) is 7.38. The fraction of sp³-hybridized carbons (Fsp3) is 0.364. The Morgan fingerprint density at radius 2 is 2.12 bits per heavy atom. The third kappa shape index (κ3) is 1.76. The zero-order chi connectivity index (χ0) is 11.9. The molecular weight excluding hydrogens is 204 g/mol. The molecule has 0 radical (unpaired) electrons. The molecular formula is C11H14N4O. The average molecular weight is 218 g/mol. The van der Waals surface area contributed by atoms with Crippen LogP contribution in [-0.4, -0.2) is 20.5 Å². The Morgan fingerprint density at radius 1 is 1.44 bits per heavy atom. The Hall–Kier alpha value is -1.91. The van der Waals surface area contributed by atoms with E-state index < -0.39 is 5.91 Å². The molecule has 16 heavy (non-hydrogen) atoms. The molecule has 2 aromatic heterocycles. The normalized spacial score (nSPS) is 11.9. The van der Waals surface area contributed by atoms with Crippen molar-refractivity contribution in [1.82, 2.24) is 14.6 Å². The quantitative estimate of drug-likeness (QED) is 0.779. The van der Waals surface area contributed by atoms with Gasteiger partial charge in [-0.3, -0.25) is 4.79 Å². The second-order valence-corrected chi connectivity index (χ2v) is 4.79. The van der Waals surface area contributed by atoms with Crippen LogP contribution in [0.2, 0.25) is 0 Å². The lowest BCUT2D eigenvalue weighted by molar-refractivity contribution is 0.0995. The van der Waals surface area contributed by atoms with Crippen LogP contribution in [0.15, 0.2) is 18.5 Å². The summed E-state index contributed by atoms with van der Waals surface area (Å²) in [4.78, 5) is 15.2. The molecule has 0 saturated heterocycles. The maximum absolute atomic E-state index is 11.0. The van der Waals surface area contributed by atoms with Crippen LogP contribution in [0, 0.1) is 0 Å². The summed E-state index contributed by atoms with van der Waals surface area (Å²) in [6, 6.07) is 1.58. The van der Waals surface area contributed by atoms with E-state index in [9.17, 15) is 4.79 Å². The van der Waals surface area contributed by atoms with Gasteiger partial charge in [0, 0.05) is 18.5 Å². The maximum Gasteiger partial charge on any atom is 0.269 e. The van der Waals surface area contributed by atoms with E-state index in [2.05, 4.69) is 30.9 Å². The number of nitrogens with zero attached hydrogens (tertiary/aromatic N) is 3. The minimum absolute atomic E-state index is 0.0000267. The lowest BCUT2D eigenvalue weighted by Crippen LogP contribution is -2.13. The van der Waals surface area contributed by atoms with Gasteiger partial charge in [0.15, 0.2) is 11.3 Å². The molecule has 0 bridgehead atoms. The van der Waals surface area contributed by atoms with Crippen LogP contribution in [0.3, 0.4) is 0 Å². The summed E-state index contributed by atoms with van der Waals surface area (Å²) in [5.74, 6) is -0.539. The molecule has 5 nitrogen and oxygen atoms in total. The number of hydrogen-bond acceptors (Lipinski definition) is 3. The highest BCUT2D eigenvalue weighted by Crippen LogP contribution is 2.21. The number of fused-ring (bicyclic) bond motifs is 1. The maximum atomic E-state index is 11.0. The highest BCUT2D eigenvalue weighted by molar-refractivity contribution is 5.91. The second kappa shape index (κ2) is 3.30. The lowest BCUT2D eigenvalue weighted by atomic mass is 9.89. The van der Waals surface area contributed by atoms with Crippen molar-refractivity contribution in [3.63, 3.8) is 0 Å². The van der Waals surface area contributed by atoms with Crippen molar-refractivity contribution in [3.8, 4) is 0 Å². The number of hydrogen-bond donors (Lipinski definition) is 1. The minimum atomic E-state index is -0.539. The molecule has 84 valence electrons. The van der Waals surface area contributed by atoms with E-state index in [4.69, 9.17) is 5.73 Å². The van der Waals surface area contributed by atoms with Crippen LogP contribution < -0.4 is 5.73 Å². The molecule has 0 aromatic carbocycles. The van der Waals surface area contributed by atoms with Gasteiger partial charge in [0.1, 0.15) is 0 Å². The van der Waals surface area contributed by atoms with Gasteiger partial charge < -0.3 is 5.73 Å². The van der Waals surface area contributed by atoms with Gasteiger partial charge in [-0.2, -0.15) is 5.10 Å². The molecule has 2 aromatic rings. The van der Waals surface area contributed by atoms with Crippen LogP contribution in [0.4, 0.5) is 0 Å². The SMILES string of the molecule is CC(C)(C)c1cnc2cc(C(N)=O)nn2c1. The number of primary amides is 1.